The van der Waals surface area contributed by atoms with Gasteiger partial charge < -0.3 is 29.7 Å². The number of methoxy groups -OCH3 is 2. The van der Waals surface area contributed by atoms with Gasteiger partial charge in [0, 0.05) is 39.1 Å². The van der Waals surface area contributed by atoms with Gasteiger partial charge in [-0.1, -0.05) is 50.6 Å². The summed E-state index contributed by atoms with van der Waals surface area (Å²) >= 11 is 7.71. The molecule has 1 aliphatic heterocycles. The quantitative estimate of drug-likeness (QED) is 0.135. The molecule has 0 bridgehead atoms. The minimum absolute atomic E-state index is 0.00851. The number of nitrogens with zero attached hydrogens (tertiary/aromatic N) is 3. The molecular weight excluding hydrogens is 792 g/mol. The van der Waals surface area contributed by atoms with Gasteiger partial charge in [0.1, 0.15) is 35.2 Å². The Morgan fingerprint density at radius 3 is 2.49 bits per heavy atom. The number of carbonyl (C=O) groups is 3. The summed E-state index contributed by atoms with van der Waals surface area (Å²) < 4.78 is 45.3. The van der Waals surface area contributed by atoms with Gasteiger partial charge in [-0.15, -0.1) is 17.9 Å². The van der Waals surface area contributed by atoms with Crippen LogP contribution in [-0.4, -0.2) is 90.7 Å². The number of fused-ring (bicyclic) bond motifs is 1. The predicted octanol–water partition coefficient (Wildman–Crippen LogP) is 5.57. The van der Waals surface area contributed by atoms with E-state index in [1.807, 2.05) is 50.4 Å². The first-order valence-electron chi connectivity index (χ1n) is 18.5. The molecule has 302 valence electrons. The summed E-state index contributed by atoms with van der Waals surface area (Å²) in [6, 6.07) is 10.7. The van der Waals surface area contributed by atoms with Crippen LogP contribution < -0.4 is 29.6 Å². The molecule has 0 unspecified atom stereocenters. The predicted molar refractivity (Wildman–Crippen MR) is 218 cm³/mol. The molecule has 5 atom stereocenters. The number of aromatic nitrogens is 2. The van der Waals surface area contributed by atoms with Crippen LogP contribution in [0.15, 0.2) is 66.7 Å². The molecule has 17 heteroatoms. The highest BCUT2D eigenvalue weighted by atomic mass is 35.5. The van der Waals surface area contributed by atoms with Crippen LogP contribution in [0.2, 0.25) is 5.02 Å². The van der Waals surface area contributed by atoms with Gasteiger partial charge in [0.25, 0.3) is 5.91 Å². The lowest BCUT2D eigenvalue weighted by atomic mass is 9.85. The molecule has 57 heavy (non-hydrogen) atoms. The Morgan fingerprint density at radius 2 is 1.82 bits per heavy atom. The van der Waals surface area contributed by atoms with Crippen LogP contribution >= 0.6 is 22.9 Å². The molecule has 2 aromatic carbocycles. The number of rotatable bonds is 14. The van der Waals surface area contributed by atoms with E-state index in [2.05, 4.69) is 26.9 Å². The highest BCUT2D eigenvalue weighted by molar-refractivity contribution is 7.91. The Hall–Kier alpha value is -4.93. The van der Waals surface area contributed by atoms with Crippen molar-refractivity contribution in [3.8, 4) is 28.6 Å². The number of amides is 3. The average molecular weight is 837 g/mol. The minimum atomic E-state index is -3.90. The van der Waals surface area contributed by atoms with Gasteiger partial charge in [0.05, 0.1) is 37.9 Å². The van der Waals surface area contributed by atoms with Crippen LogP contribution in [0.5, 0.6) is 17.4 Å². The summed E-state index contributed by atoms with van der Waals surface area (Å²) in [5.41, 5.74) is -0.766. The third-order valence-electron chi connectivity index (χ3n) is 10.6. The highest BCUT2D eigenvalue weighted by Crippen LogP contribution is 2.46. The standard InChI is InChI=1S/C40H45ClN6O8S2/c1-7-22-18-40(22,37(50)46-57(51,52)25-13-14-25)45-34(48)30-17-24(55-35-28-16-23(41)12-15-26(28)32(54-6)19-42-35)20-47(30)36(49)33(39(2,3)4)44-38-43-29(21-56-38)27-10-8-9-11-31(27)53-5/h7-12,15-16,19,21-22,24-25,30,33H,1,13-14,17-18,20H2,2-6H3,(H,43,44)(H,45,48)(H,46,50)/t22-,24-,30+,33-,40-/m1/s1. The molecule has 3 amide bonds. The topological polar surface area (TPSA) is 178 Å². The Morgan fingerprint density at radius 1 is 1.09 bits per heavy atom. The number of sulfonamides is 1. The van der Waals surface area contributed by atoms with Crippen LogP contribution in [0.1, 0.15) is 46.5 Å². The number of likely N-dealkylation sites (tertiary alicyclic amines) is 1. The lowest BCUT2D eigenvalue weighted by molar-refractivity contribution is -0.141. The molecule has 1 saturated heterocycles. The Labute approximate surface area is 340 Å². The fourth-order valence-corrected chi connectivity index (χ4v) is 9.51. The molecule has 3 aliphatic rings. The summed E-state index contributed by atoms with van der Waals surface area (Å²) in [6.07, 6.45) is 3.44. The number of benzene rings is 2. The molecule has 2 saturated carbocycles. The number of anilines is 1. The molecule has 0 spiro atoms. The van der Waals surface area contributed by atoms with Gasteiger partial charge in [-0.05, 0) is 55.0 Å². The summed E-state index contributed by atoms with van der Waals surface area (Å²) in [6.45, 7) is 9.52. The van der Waals surface area contributed by atoms with Crippen LogP contribution in [-0.2, 0) is 24.4 Å². The number of para-hydroxylation sites is 1. The van der Waals surface area contributed by atoms with E-state index in [9.17, 15) is 22.8 Å². The molecule has 3 fully saturated rings. The van der Waals surface area contributed by atoms with Gasteiger partial charge in [0.2, 0.25) is 27.7 Å². The van der Waals surface area contributed by atoms with Crippen molar-refractivity contribution in [1.29, 1.82) is 0 Å². The molecule has 3 heterocycles. The van der Waals surface area contributed by atoms with Gasteiger partial charge in [-0.2, -0.15) is 0 Å². The van der Waals surface area contributed by atoms with Crippen molar-refractivity contribution in [1.82, 2.24) is 24.9 Å². The SMILES string of the molecule is C=C[C@@H]1C[C@]1(NC(=O)[C@@H]1C[C@@H](Oc2ncc(OC)c3ccc(Cl)cc23)CN1C(=O)[C@@H](Nc1nc(-c2ccccc2OC)cs1)C(C)(C)C)C(=O)NS(=O)(=O)C1CC1. The first-order chi connectivity index (χ1) is 27.1. The zero-order valence-corrected chi connectivity index (χ0v) is 34.6. The second kappa shape index (κ2) is 15.4. The Kier molecular flexibility index (Phi) is 10.9. The van der Waals surface area contributed by atoms with Gasteiger partial charge in [0.15, 0.2) is 5.13 Å². The van der Waals surface area contributed by atoms with Crippen LogP contribution in [0.4, 0.5) is 5.13 Å². The highest BCUT2D eigenvalue weighted by Gasteiger charge is 2.62. The maximum Gasteiger partial charge on any atom is 0.259 e. The summed E-state index contributed by atoms with van der Waals surface area (Å²) in [5.74, 6) is -0.970. The maximum atomic E-state index is 14.9. The van der Waals surface area contributed by atoms with Crippen molar-refractivity contribution < 1.29 is 37.0 Å². The fourth-order valence-electron chi connectivity index (χ4n) is 7.23. The number of nitrogens with one attached hydrogen (secondary N) is 3. The van der Waals surface area contributed by atoms with E-state index in [1.54, 1.807) is 25.3 Å². The van der Waals surface area contributed by atoms with Crippen LogP contribution in [0.3, 0.4) is 0 Å². The van der Waals surface area contributed by atoms with Gasteiger partial charge >= 0.3 is 0 Å². The van der Waals surface area contributed by atoms with Crippen molar-refractivity contribution in [2.75, 3.05) is 26.1 Å². The van der Waals surface area contributed by atoms with E-state index in [-0.39, 0.29) is 25.3 Å². The normalized spacial score (nSPS) is 22.4. The van der Waals surface area contributed by atoms with Crippen molar-refractivity contribution in [3.05, 3.63) is 71.7 Å². The summed E-state index contributed by atoms with van der Waals surface area (Å²) in [5, 5.41) is 9.65. The van der Waals surface area contributed by atoms with Crippen molar-refractivity contribution in [2.24, 2.45) is 11.3 Å². The van der Waals surface area contributed by atoms with E-state index in [4.69, 9.17) is 30.8 Å². The lowest BCUT2D eigenvalue weighted by Crippen LogP contribution is -2.58. The molecule has 2 aliphatic carbocycles. The number of halogens is 1. The van der Waals surface area contributed by atoms with E-state index >= 15 is 0 Å². The third-order valence-corrected chi connectivity index (χ3v) is 13.5. The number of carbonyl (C=O) groups excluding carboxylic acids is 3. The van der Waals surface area contributed by atoms with E-state index < -0.39 is 68.1 Å². The first kappa shape index (κ1) is 40.3. The smallest absolute Gasteiger partial charge is 0.259 e. The molecule has 3 N–H and O–H groups in total. The second-order valence-electron chi connectivity index (χ2n) is 15.7. The van der Waals surface area contributed by atoms with Gasteiger partial charge in [-0.3, -0.25) is 19.1 Å². The number of pyridine rings is 1. The van der Waals surface area contributed by atoms with Crippen LogP contribution in [0, 0.1) is 11.3 Å². The van der Waals surface area contributed by atoms with Crippen molar-refractivity contribution in [3.63, 3.8) is 0 Å². The number of hydrogen-bond donors (Lipinski definition) is 3. The molecule has 7 rings (SSSR count). The Balaban J connectivity index is 1.20. The zero-order valence-electron chi connectivity index (χ0n) is 32.2. The van der Waals surface area contributed by atoms with E-state index in [0.717, 1.165) is 5.56 Å². The van der Waals surface area contributed by atoms with Crippen LogP contribution in [0.25, 0.3) is 22.0 Å². The minimum Gasteiger partial charge on any atom is -0.496 e. The monoisotopic (exact) mass is 836 g/mol. The molecular formula is C40H45ClN6O8S2. The van der Waals surface area contributed by atoms with Crippen molar-refractivity contribution in [2.45, 2.75) is 75.4 Å². The van der Waals surface area contributed by atoms with E-state index in [1.165, 1.54) is 35.6 Å². The summed E-state index contributed by atoms with van der Waals surface area (Å²) in [7, 11) is -0.780. The summed E-state index contributed by atoms with van der Waals surface area (Å²) in [4.78, 5) is 53.7. The number of thiazole rings is 1. The number of ether oxygens (including phenoxy) is 3. The molecule has 4 aromatic rings. The molecule has 2 aromatic heterocycles. The second-order valence-corrected chi connectivity index (χ2v) is 18.9. The lowest BCUT2D eigenvalue weighted by Gasteiger charge is -2.35. The van der Waals surface area contributed by atoms with Gasteiger partial charge in [-0.25, -0.2) is 18.4 Å². The molecule has 14 nitrogen and oxygen atoms in total. The third kappa shape index (κ3) is 8.12. The average Bonchev–Trinajstić information content (AvgIpc) is 4.07. The number of hydrogen-bond acceptors (Lipinski definition) is 12. The Bertz CT molecular complexity index is 2350. The fraction of sp³-hybridized carbons (Fsp3) is 0.425. The van der Waals surface area contributed by atoms with E-state index in [0.29, 0.717) is 51.0 Å². The zero-order chi connectivity index (χ0) is 40.9. The van der Waals surface area contributed by atoms with Crippen molar-refractivity contribution >= 4 is 66.6 Å². The first-order valence-corrected chi connectivity index (χ1v) is 21.3. The molecule has 0 radical (unpaired) electrons. The largest absolute Gasteiger partial charge is 0.496 e. The maximum absolute atomic E-state index is 14.9.